The first kappa shape index (κ1) is 21.7. The molecule has 2 aliphatic rings. The van der Waals surface area contributed by atoms with Crippen LogP contribution in [0, 0.1) is 5.92 Å². The summed E-state index contributed by atoms with van der Waals surface area (Å²) in [5.41, 5.74) is 5.35. The molecule has 2 N–H and O–H groups in total. The van der Waals surface area contributed by atoms with E-state index in [4.69, 9.17) is 21.2 Å². The Morgan fingerprint density at radius 3 is 2.73 bits per heavy atom. The Labute approximate surface area is 196 Å². The fourth-order valence-electron chi connectivity index (χ4n) is 4.52. The predicted octanol–water partition coefficient (Wildman–Crippen LogP) is 3.67. The number of likely N-dealkylation sites (tertiary alicyclic amines) is 1. The maximum absolute atomic E-state index is 12.8. The predicted molar refractivity (Wildman–Crippen MR) is 123 cm³/mol. The molecule has 7 nitrogen and oxygen atoms in total. The molecule has 1 saturated heterocycles. The zero-order valence-electron chi connectivity index (χ0n) is 18.0. The summed E-state index contributed by atoms with van der Waals surface area (Å²) in [6, 6.07) is 15.8. The fourth-order valence-corrected chi connectivity index (χ4v) is 4.75. The van der Waals surface area contributed by atoms with E-state index in [9.17, 15) is 9.59 Å². The van der Waals surface area contributed by atoms with Crippen LogP contribution in [0.15, 0.2) is 53.1 Å². The average molecular weight is 466 g/mol. The van der Waals surface area contributed by atoms with Crippen molar-refractivity contribution in [1.29, 1.82) is 0 Å². The number of hydrogen-bond acceptors (Lipinski definition) is 5. The van der Waals surface area contributed by atoms with E-state index in [0.29, 0.717) is 37.5 Å². The number of halogens is 1. The minimum atomic E-state index is -0.726. The number of aromatic nitrogens is 1. The van der Waals surface area contributed by atoms with E-state index in [0.717, 1.165) is 40.8 Å². The molecule has 3 aromatic rings. The number of carboxylic acid groups (broad SMARTS) is 1. The van der Waals surface area contributed by atoms with Crippen LogP contribution < -0.4 is 5.32 Å². The van der Waals surface area contributed by atoms with Crippen LogP contribution in [-0.4, -0.2) is 46.7 Å². The van der Waals surface area contributed by atoms with Gasteiger partial charge in [0.2, 0.25) is 0 Å². The lowest BCUT2D eigenvalue weighted by Gasteiger charge is -2.36. The second kappa shape index (κ2) is 9.00. The van der Waals surface area contributed by atoms with E-state index < -0.39 is 5.97 Å². The van der Waals surface area contributed by atoms with Gasteiger partial charge in [-0.3, -0.25) is 14.5 Å². The van der Waals surface area contributed by atoms with E-state index in [2.05, 4.69) is 21.4 Å². The molecule has 1 aromatic heterocycles. The van der Waals surface area contributed by atoms with E-state index in [1.165, 1.54) is 0 Å². The van der Waals surface area contributed by atoms with Crippen LogP contribution >= 0.6 is 11.6 Å². The highest BCUT2D eigenvalue weighted by atomic mass is 35.5. The molecule has 2 heterocycles. The molecule has 1 unspecified atom stereocenters. The van der Waals surface area contributed by atoms with Crippen molar-refractivity contribution in [3.63, 3.8) is 0 Å². The Morgan fingerprint density at radius 2 is 1.97 bits per heavy atom. The van der Waals surface area contributed by atoms with E-state index >= 15 is 0 Å². The molecular weight excluding hydrogens is 442 g/mol. The molecule has 0 bridgehead atoms. The van der Waals surface area contributed by atoms with Crippen LogP contribution in [0.5, 0.6) is 0 Å². The molecule has 0 saturated carbocycles. The molecule has 33 heavy (non-hydrogen) atoms. The summed E-state index contributed by atoms with van der Waals surface area (Å²) in [5.74, 6) is -0.623. The molecule has 1 aliphatic heterocycles. The number of aryl methyl sites for hydroxylation is 1. The first-order valence-electron chi connectivity index (χ1n) is 11.0. The largest absolute Gasteiger partial charge is 0.481 e. The number of fused-ring (bicyclic) bond motifs is 3. The van der Waals surface area contributed by atoms with Gasteiger partial charge in [0.25, 0.3) is 5.91 Å². The molecule has 0 radical (unpaired) electrons. The van der Waals surface area contributed by atoms with Crippen molar-refractivity contribution in [3.8, 4) is 11.3 Å². The maximum Gasteiger partial charge on any atom is 0.309 e. The minimum Gasteiger partial charge on any atom is -0.481 e. The summed E-state index contributed by atoms with van der Waals surface area (Å²) < 4.78 is 5.60. The standard InChI is InChI=1S/C25H24ClN3O4/c26-21(16-4-2-1-3-5-16)11-27-24(30)22-20-9-7-17-10-15(6-8-19(17)23(20)33-28-22)12-29-13-18(14-29)25(31)32/h1-6,8,10,18,21H,7,9,11-14H2,(H,27,30)(H,31,32). The van der Waals surface area contributed by atoms with Gasteiger partial charge in [0.05, 0.1) is 11.3 Å². The van der Waals surface area contributed by atoms with Crippen LogP contribution in [0.3, 0.4) is 0 Å². The molecule has 1 atom stereocenters. The van der Waals surface area contributed by atoms with Gasteiger partial charge in [-0.15, -0.1) is 11.6 Å². The highest BCUT2D eigenvalue weighted by Gasteiger charge is 2.33. The number of rotatable bonds is 7. The number of carbonyl (C=O) groups excluding carboxylic acids is 1. The Bertz CT molecular complexity index is 1190. The number of amides is 1. The molecule has 0 spiro atoms. The van der Waals surface area contributed by atoms with E-state index in [-0.39, 0.29) is 17.2 Å². The summed E-state index contributed by atoms with van der Waals surface area (Å²) in [4.78, 5) is 25.9. The fraction of sp³-hybridized carbons (Fsp3) is 0.320. The number of nitrogens with zero attached hydrogens (tertiary/aromatic N) is 2. The summed E-state index contributed by atoms with van der Waals surface area (Å²) >= 11 is 6.42. The number of carbonyl (C=O) groups is 2. The number of alkyl halides is 1. The molecule has 5 rings (SSSR count). The van der Waals surface area contributed by atoms with Gasteiger partial charge >= 0.3 is 5.97 Å². The summed E-state index contributed by atoms with van der Waals surface area (Å²) in [5, 5.41) is 15.7. The van der Waals surface area contributed by atoms with Gasteiger partial charge in [0.1, 0.15) is 0 Å². The topological polar surface area (TPSA) is 95.7 Å². The van der Waals surface area contributed by atoms with Crippen molar-refractivity contribution in [2.75, 3.05) is 19.6 Å². The van der Waals surface area contributed by atoms with Crippen LogP contribution in [0.2, 0.25) is 0 Å². The molecular formula is C25H24ClN3O4. The van der Waals surface area contributed by atoms with E-state index in [1.54, 1.807) is 0 Å². The summed E-state index contributed by atoms with van der Waals surface area (Å²) in [6.07, 6.45) is 1.46. The zero-order valence-corrected chi connectivity index (χ0v) is 18.7. The Kier molecular flexibility index (Phi) is 5.91. The number of aliphatic carboxylic acids is 1. The maximum atomic E-state index is 12.8. The summed E-state index contributed by atoms with van der Waals surface area (Å²) in [7, 11) is 0. The van der Waals surface area contributed by atoms with Crippen molar-refractivity contribution in [2.24, 2.45) is 5.92 Å². The lowest BCUT2D eigenvalue weighted by molar-refractivity contribution is -0.147. The Morgan fingerprint density at radius 1 is 1.18 bits per heavy atom. The molecule has 1 amide bonds. The van der Waals surface area contributed by atoms with Crippen LogP contribution in [0.25, 0.3) is 11.3 Å². The first-order valence-corrected chi connectivity index (χ1v) is 11.5. The smallest absolute Gasteiger partial charge is 0.309 e. The van der Waals surface area contributed by atoms with Gasteiger partial charge in [-0.1, -0.05) is 53.7 Å². The Hall–Kier alpha value is -3.16. The van der Waals surface area contributed by atoms with E-state index in [1.807, 2.05) is 42.5 Å². The highest BCUT2D eigenvalue weighted by Crippen LogP contribution is 2.36. The molecule has 8 heteroatoms. The van der Waals surface area contributed by atoms with Crippen LogP contribution in [0.4, 0.5) is 0 Å². The lowest BCUT2D eigenvalue weighted by atomic mass is 9.88. The second-order valence-electron chi connectivity index (χ2n) is 8.65. The van der Waals surface area contributed by atoms with Gasteiger partial charge in [0, 0.05) is 37.3 Å². The number of hydrogen-bond donors (Lipinski definition) is 2. The van der Waals surface area contributed by atoms with Crippen molar-refractivity contribution >= 4 is 23.5 Å². The third kappa shape index (κ3) is 4.38. The second-order valence-corrected chi connectivity index (χ2v) is 9.17. The lowest BCUT2D eigenvalue weighted by Crippen LogP contribution is -2.49. The van der Waals surface area contributed by atoms with Gasteiger partial charge in [0.15, 0.2) is 11.5 Å². The quantitative estimate of drug-likeness (QED) is 0.517. The third-order valence-corrected chi connectivity index (χ3v) is 6.78. The molecule has 170 valence electrons. The third-order valence-electron chi connectivity index (χ3n) is 6.38. The van der Waals surface area contributed by atoms with Crippen LogP contribution in [-0.2, 0) is 24.2 Å². The minimum absolute atomic E-state index is 0.259. The first-order chi connectivity index (χ1) is 16.0. The van der Waals surface area contributed by atoms with Crippen molar-refractivity contribution in [1.82, 2.24) is 15.4 Å². The highest BCUT2D eigenvalue weighted by molar-refractivity contribution is 6.21. The SMILES string of the molecule is O=C(NCC(Cl)c1ccccc1)c1noc2c1CCc1cc(CN3CC(C(=O)O)C3)ccc1-2. The number of carboxylic acids is 1. The Balaban J connectivity index is 1.25. The van der Waals surface area contributed by atoms with Crippen LogP contribution in [0.1, 0.15) is 38.1 Å². The van der Waals surface area contributed by atoms with Gasteiger partial charge < -0.3 is 14.9 Å². The molecule has 1 aliphatic carbocycles. The summed E-state index contributed by atoms with van der Waals surface area (Å²) in [6.45, 7) is 2.20. The number of benzene rings is 2. The normalized spacial score (nSPS) is 16.4. The average Bonchev–Trinajstić information content (AvgIpc) is 3.24. The van der Waals surface area contributed by atoms with Gasteiger partial charge in [-0.25, -0.2) is 0 Å². The zero-order chi connectivity index (χ0) is 22.9. The number of nitrogens with one attached hydrogen (secondary N) is 1. The van der Waals surface area contributed by atoms with Crippen molar-refractivity contribution in [3.05, 3.63) is 76.5 Å². The van der Waals surface area contributed by atoms with Crippen molar-refractivity contribution < 1.29 is 19.2 Å². The van der Waals surface area contributed by atoms with Gasteiger partial charge in [-0.2, -0.15) is 0 Å². The van der Waals surface area contributed by atoms with Gasteiger partial charge in [-0.05, 0) is 29.5 Å². The monoisotopic (exact) mass is 465 g/mol. The van der Waals surface area contributed by atoms with Crippen molar-refractivity contribution in [2.45, 2.75) is 24.8 Å². The molecule has 2 aromatic carbocycles. The molecule has 1 fully saturated rings.